The molecule has 2 heterocycles. The summed E-state index contributed by atoms with van der Waals surface area (Å²) in [5.74, 6) is 0. The molecular formula is C19H25N5O. The molecule has 2 aromatic rings. The SMILES string of the molecule is O=C(NCCc1cnc[nH]1)N1CCN(CC=Cc2ccccc2)CC1. The largest absolute Gasteiger partial charge is 0.348 e. The molecule has 0 radical (unpaired) electrons. The quantitative estimate of drug-likeness (QED) is 0.846. The van der Waals surface area contributed by atoms with Gasteiger partial charge in [0.2, 0.25) is 0 Å². The van der Waals surface area contributed by atoms with Gasteiger partial charge in [-0.2, -0.15) is 0 Å². The monoisotopic (exact) mass is 339 g/mol. The summed E-state index contributed by atoms with van der Waals surface area (Å²) in [6.45, 7) is 4.91. The Hall–Kier alpha value is -2.60. The van der Waals surface area contributed by atoms with Crippen LogP contribution < -0.4 is 5.32 Å². The topological polar surface area (TPSA) is 64.3 Å². The van der Waals surface area contributed by atoms with Crippen molar-refractivity contribution >= 4 is 12.1 Å². The maximum Gasteiger partial charge on any atom is 0.317 e. The molecule has 1 aliphatic heterocycles. The molecule has 2 N–H and O–H groups in total. The molecule has 0 aliphatic carbocycles. The van der Waals surface area contributed by atoms with E-state index in [0.717, 1.165) is 44.8 Å². The van der Waals surface area contributed by atoms with E-state index in [1.54, 1.807) is 12.5 Å². The number of nitrogens with zero attached hydrogens (tertiary/aromatic N) is 3. The third-order valence-corrected chi connectivity index (χ3v) is 4.36. The number of hydrogen-bond donors (Lipinski definition) is 2. The Morgan fingerprint density at radius 1 is 1.20 bits per heavy atom. The first-order valence-electron chi connectivity index (χ1n) is 8.75. The Balaban J connectivity index is 1.33. The van der Waals surface area contributed by atoms with Crippen LogP contribution in [0, 0.1) is 0 Å². The summed E-state index contributed by atoms with van der Waals surface area (Å²) in [5, 5.41) is 2.98. The van der Waals surface area contributed by atoms with Crippen molar-refractivity contribution in [1.29, 1.82) is 0 Å². The first-order valence-corrected chi connectivity index (χ1v) is 8.75. The molecule has 1 aliphatic rings. The number of hydrogen-bond acceptors (Lipinski definition) is 3. The van der Waals surface area contributed by atoms with Crippen molar-refractivity contribution < 1.29 is 4.79 Å². The third-order valence-electron chi connectivity index (χ3n) is 4.36. The third kappa shape index (κ3) is 5.46. The lowest BCUT2D eigenvalue weighted by Gasteiger charge is -2.34. The Morgan fingerprint density at radius 3 is 2.72 bits per heavy atom. The maximum atomic E-state index is 12.2. The van der Waals surface area contributed by atoms with Crippen LogP contribution >= 0.6 is 0 Å². The molecule has 0 bridgehead atoms. The standard InChI is InChI=1S/C19H25N5O/c25-19(21-9-8-18-15-20-16-22-18)24-13-11-23(12-14-24)10-4-7-17-5-2-1-3-6-17/h1-7,15-16H,8-14H2,(H,20,22)(H,21,25). The first-order chi connectivity index (χ1) is 12.3. The number of carbonyl (C=O) groups excluding carboxylic acids is 1. The van der Waals surface area contributed by atoms with Gasteiger partial charge in [0.05, 0.1) is 6.33 Å². The van der Waals surface area contributed by atoms with Crippen molar-refractivity contribution in [2.45, 2.75) is 6.42 Å². The Kier molecular flexibility index (Phi) is 6.23. The van der Waals surface area contributed by atoms with Gasteiger partial charge in [0.15, 0.2) is 0 Å². The number of amides is 2. The average molecular weight is 339 g/mol. The molecule has 1 aromatic carbocycles. The van der Waals surface area contributed by atoms with Gasteiger partial charge in [-0.1, -0.05) is 42.5 Å². The lowest BCUT2D eigenvalue weighted by atomic mass is 10.2. The van der Waals surface area contributed by atoms with Crippen LogP contribution in [0.3, 0.4) is 0 Å². The summed E-state index contributed by atoms with van der Waals surface area (Å²) in [5.41, 5.74) is 2.26. The number of nitrogens with one attached hydrogen (secondary N) is 2. The van der Waals surface area contributed by atoms with E-state index in [9.17, 15) is 4.79 Å². The summed E-state index contributed by atoms with van der Waals surface area (Å²) < 4.78 is 0. The highest BCUT2D eigenvalue weighted by atomic mass is 16.2. The van der Waals surface area contributed by atoms with E-state index in [0.29, 0.717) is 6.54 Å². The average Bonchev–Trinajstić information content (AvgIpc) is 3.16. The van der Waals surface area contributed by atoms with Gasteiger partial charge in [-0.15, -0.1) is 0 Å². The molecule has 0 unspecified atom stereocenters. The van der Waals surface area contributed by atoms with Gasteiger partial charge in [0, 0.05) is 57.6 Å². The molecule has 25 heavy (non-hydrogen) atoms. The van der Waals surface area contributed by atoms with Gasteiger partial charge in [0.25, 0.3) is 0 Å². The van der Waals surface area contributed by atoms with E-state index in [2.05, 4.69) is 44.5 Å². The van der Waals surface area contributed by atoms with Crippen LogP contribution in [0.15, 0.2) is 48.9 Å². The fourth-order valence-corrected chi connectivity index (χ4v) is 2.87. The number of carbonyl (C=O) groups is 1. The van der Waals surface area contributed by atoms with E-state index in [-0.39, 0.29) is 6.03 Å². The number of H-pyrrole nitrogens is 1. The number of urea groups is 1. The lowest BCUT2D eigenvalue weighted by Crippen LogP contribution is -2.51. The van der Waals surface area contributed by atoms with Crippen molar-refractivity contribution in [3.63, 3.8) is 0 Å². The first kappa shape index (κ1) is 17.2. The summed E-state index contributed by atoms with van der Waals surface area (Å²) in [7, 11) is 0. The minimum Gasteiger partial charge on any atom is -0.348 e. The Morgan fingerprint density at radius 2 is 2.00 bits per heavy atom. The van der Waals surface area contributed by atoms with E-state index < -0.39 is 0 Å². The smallest absolute Gasteiger partial charge is 0.317 e. The number of benzene rings is 1. The van der Waals surface area contributed by atoms with E-state index in [1.165, 1.54) is 5.56 Å². The second kappa shape index (κ2) is 9.03. The Bertz CT molecular complexity index is 660. The fraction of sp³-hybridized carbons (Fsp3) is 0.368. The van der Waals surface area contributed by atoms with E-state index >= 15 is 0 Å². The second-order valence-electron chi connectivity index (χ2n) is 6.16. The molecule has 1 aromatic heterocycles. The van der Waals surface area contributed by atoms with E-state index in [1.807, 2.05) is 23.1 Å². The van der Waals surface area contributed by atoms with Crippen LogP contribution in [0.5, 0.6) is 0 Å². The van der Waals surface area contributed by atoms with Gasteiger partial charge in [-0.25, -0.2) is 9.78 Å². The maximum absolute atomic E-state index is 12.2. The van der Waals surface area contributed by atoms with Crippen molar-refractivity contribution in [3.05, 3.63) is 60.2 Å². The zero-order valence-corrected chi connectivity index (χ0v) is 14.4. The normalized spacial score (nSPS) is 15.6. The summed E-state index contributed by atoms with van der Waals surface area (Å²) in [4.78, 5) is 23.5. The van der Waals surface area contributed by atoms with Crippen molar-refractivity contribution in [1.82, 2.24) is 25.1 Å². The zero-order valence-electron chi connectivity index (χ0n) is 14.4. The second-order valence-corrected chi connectivity index (χ2v) is 6.16. The number of aromatic nitrogens is 2. The molecule has 132 valence electrons. The van der Waals surface area contributed by atoms with Crippen LogP contribution in [0.25, 0.3) is 6.08 Å². The molecule has 1 saturated heterocycles. The molecule has 3 rings (SSSR count). The van der Waals surface area contributed by atoms with Crippen molar-refractivity contribution in [3.8, 4) is 0 Å². The van der Waals surface area contributed by atoms with Crippen LogP contribution in [0.4, 0.5) is 4.79 Å². The van der Waals surface area contributed by atoms with Crippen molar-refractivity contribution in [2.24, 2.45) is 0 Å². The molecule has 0 spiro atoms. The van der Waals surface area contributed by atoms with Gasteiger partial charge in [0.1, 0.15) is 0 Å². The van der Waals surface area contributed by atoms with Gasteiger partial charge in [-0.05, 0) is 5.56 Å². The summed E-state index contributed by atoms with van der Waals surface area (Å²) in [6.07, 6.45) is 8.55. The predicted molar refractivity (Wildman–Crippen MR) is 99.2 cm³/mol. The number of aromatic amines is 1. The highest BCUT2D eigenvalue weighted by Crippen LogP contribution is 2.05. The highest BCUT2D eigenvalue weighted by Gasteiger charge is 2.19. The molecule has 6 heteroatoms. The molecule has 2 amide bonds. The number of piperazine rings is 1. The molecule has 1 fully saturated rings. The molecule has 0 saturated carbocycles. The lowest BCUT2D eigenvalue weighted by molar-refractivity contribution is 0.147. The Labute approximate surface area is 148 Å². The highest BCUT2D eigenvalue weighted by molar-refractivity contribution is 5.74. The van der Waals surface area contributed by atoms with Gasteiger partial charge >= 0.3 is 6.03 Å². The van der Waals surface area contributed by atoms with Crippen LogP contribution in [-0.2, 0) is 6.42 Å². The van der Waals surface area contributed by atoms with Crippen LogP contribution in [0.1, 0.15) is 11.3 Å². The molecular weight excluding hydrogens is 314 g/mol. The number of rotatable bonds is 6. The van der Waals surface area contributed by atoms with Crippen LogP contribution in [0.2, 0.25) is 0 Å². The van der Waals surface area contributed by atoms with Crippen LogP contribution in [-0.4, -0.2) is 65.1 Å². The molecule has 0 atom stereocenters. The number of imidazole rings is 1. The van der Waals surface area contributed by atoms with Gasteiger partial charge < -0.3 is 15.2 Å². The predicted octanol–water partition coefficient (Wildman–Crippen LogP) is 1.99. The van der Waals surface area contributed by atoms with Crippen molar-refractivity contribution in [2.75, 3.05) is 39.3 Å². The zero-order chi connectivity index (χ0) is 17.3. The fourth-order valence-electron chi connectivity index (χ4n) is 2.87. The summed E-state index contributed by atoms with van der Waals surface area (Å²) in [6, 6.07) is 10.3. The summed E-state index contributed by atoms with van der Waals surface area (Å²) >= 11 is 0. The minimum atomic E-state index is 0.0268. The van der Waals surface area contributed by atoms with E-state index in [4.69, 9.17) is 0 Å². The molecule has 6 nitrogen and oxygen atoms in total. The van der Waals surface area contributed by atoms with Gasteiger partial charge in [-0.3, -0.25) is 4.90 Å². The minimum absolute atomic E-state index is 0.0268.